The monoisotopic (exact) mass is 1210 g/mol. The third kappa shape index (κ3) is 15.4. The molecule has 0 fully saturated rings. The summed E-state index contributed by atoms with van der Waals surface area (Å²) in [5.41, 5.74) is 0.584. The van der Waals surface area contributed by atoms with Crippen LogP contribution in [0, 0.1) is 0 Å². The summed E-state index contributed by atoms with van der Waals surface area (Å²) in [5, 5.41) is 9.14. The van der Waals surface area contributed by atoms with E-state index in [0.29, 0.717) is 98.3 Å². The molecule has 0 saturated carbocycles. The molecule has 1 unspecified atom stereocenters. The van der Waals surface area contributed by atoms with Gasteiger partial charge in [-0.05, 0) is 105 Å². The average Bonchev–Trinajstić information content (AvgIpc) is 3.71. The number of carboxylic acids is 1. The average molecular weight is 1210 g/mol. The Balaban J connectivity index is 1.41. The number of methoxy groups -OCH3 is 1. The van der Waals surface area contributed by atoms with Gasteiger partial charge >= 0.3 is 5.97 Å². The predicted molar refractivity (Wildman–Crippen MR) is 294 cm³/mol. The van der Waals surface area contributed by atoms with Gasteiger partial charge in [0.1, 0.15) is 21.6 Å². The number of carbonyl (C=O) groups is 1. The molecule has 2 aliphatic rings. The lowest BCUT2D eigenvalue weighted by molar-refractivity contribution is -0.438. The van der Waals surface area contributed by atoms with E-state index in [1.165, 1.54) is 12.1 Å². The lowest BCUT2D eigenvalue weighted by Crippen LogP contribution is -2.31. The molecule has 1 atom stereocenters. The maximum Gasteiger partial charge on any atom is 0.303 e. The van der Waals surface area contributed by atoms with Crippen molar-refractivity contribution in [1.29, 1.82) is 0 Å². The van der Waals surface area contributed by atoms with Gasteiger partial charge in [0.2, 0.25) is 5.69 Å². The number of benzene rings is 4. The molecule has 2 heterocycles. The van der Waals surface area contributed by atoms with Gasteiger partial charge in [0, 0.05) is 71.8 Å². The molecule has 0 amide bonds. The first-order valence-corrected chi connectivity index (χ1v) is 32.3. The number of hydrogen-bond acceptors (Lipinski definition) is 17. The van der Waals surface area contributed by atoms with Crippen LogP contribution < -0.4 is 4.90 Å². The number of rotatable bonds is 30. The predicted octanol–water partition coefficient (Wildman–Crippen LogP) is 6.35. The van der Waals surface area contributed by atoms with E-state index in [2.05, 4.69) is 0 Å². The number of nitrogens with zero attached hydrogens (tertiary/aromatic N) is 2. The second-order valence-electron chi connectivity index (χ2n) is 19.6. The summed E-state index contributed by atoms with van der Waals surface area (Å²) in [5.74, 6) is -1.63. The Morgan fingerprint density at radius 2 is 1.19 bits per heavy atom. The van der Waals surface area contributed by atoms with Crippen LogP contribution in [-0.4, -0.2) is 158 Å². The number of carboxylic acid groups (broad SMARTS) is 1. The zero-order valence-corrected chi connectivity index (χ0v) is 48.3. The number of aliphatic carboxylic acids is 1. The molecule has 0 aromatic heterocycles. The van der Waals surface area contributed by atoms with Gasteiger partial charge in [-0.3, -0.25) is 23.0 Å². The second kappa shape index (κ2) is 25.9. The van der Waals surface area contributed by atoms with E-state index in [1.54, 1.807) is 68.7 Å². The lowest BCUT2D eigenvalue weighted by atomic mass is 9.75. The Bertz CT molecular complexity index is 3760. The molecule has 5 N–H and O–H groups in total. The number of allylic oxidation sites excluding steroid dienone is 8. The zero-order chi connectivity index (χ0) is 59.1. The van der Waals surface area contributed by atoms with Crippen molar-refractivity contribution < 1.29 is 98.3 Å². The largest absolute Gasteiger partial charge is 0.744 e. The number of hydrogen-bond donors (Lipinski definition) is 5. The first-order valence-electron chi connectivity index (χ1n) is 25.0. The van der Waals surface area contributed by atoms with Gasteiger partial charge in [-0.15, -0.1) is 0 Å². The molecule has 80 heavy (non-hydrogen) atoms. The standard InChI is InChI=1S/C52H64N2O21S5/c1-51(2)46(53(22-12-8-11-16-48(55)56)42-19-17-38-40(49(42)51)32-36(77(60,61)62)34-44(38)79(66,67)68)14-9-6-5-7-10-15-47-52(3,21-13-31-76(57,58)59)50-41-33-37(78(63,64)65)35-45(80(69,70)71)39(41)18-20-43(50)54(47)23-24-73-27-28-75-30-29-74-26-25-72-4/h5-7,9-10,14-15,17-20,32-35H,8,11-13,16,21-31H2,1-4H3,(H5-,55,56,57,58,59,60,61,62,63,64,65,66,67,68,69,70,71). The number of ether oxygens (including phenoxy) is 4. The molecule has 2 aliphatic heterocycles. The minimum atomic E-state index is -5.25. The fourth-order valence-corrected chi connectivity index (χ4v) is 13.4. The molecule has 4 aromatic rings. The molecule has 0 bridgehead atoms. The molecule has 4 aromatic carbocycles. The molecule has 0 saturated heterocycles. The van der Waals surface area contributed by atoms with Crippen molar-refractivity contribution in [3.8, 4) is 0 Å². The minimum absolute atomic E-state index is 0.00408. The molecule has 6 rings (SSSR count). The van der Waals surface area contributed by atoms with E-state index >= 15 is 0 Å². The molecule has 0 radical (unpaired) electrons. The Hall–Kier alpha value is -5.31. The van der Waals surface area contributed by atoms with Crippen molar-refractivity contribution >= 4 is 95.2 Å². The van der Waals surface area contributed by atoms with Crippen LogP contribution in [0.3, 0.4) is 0 Å². The summed E-state index contributed by atoms with van der Waals surface area (Å²) < 4.78 is 201. The van der Waals surface area contributed by atoms with E-state index in [0.717, 1.165) is 12.1 Å². The van der Waals surface area contributed by atoms with Crippen LogP contribution in [0.2, 0.25) is 0 Å². The first-order chi connectivity index (χ1) is 37.3. The SMILES string of the molecule is COCCOCCOCCOCCN1C(=CC=CC=CC=CC2=[N+](CCCCCC(=O)O)c3ccc4c(S(=O)(=O)[O-])cc(S(=O)(=O)O)cc4c3C2(C)C)C(C)(CCCS(=O)(=O)O)c2c1ccc1c(S(=O)(=O)O)cc(S(=O)(=O)O)cc21. The minimum Gasteiger partial charge on any atom is -0.744 e. The molecule has 0 spiro atoms. The van der Waals surface area contributed by atoms with Crippen LogP contribution >= 0.6 is 0 Å². The van der Waals surface area contributed by atoms with Crippen LogP contribution in [0.5, 0.6) is 0 Å². The highest BCUT2D eigenvalue weighted by atomic mass is 32.2. The van der Waals surface area contributed by atoms with Crippen LogP contribution in [-0.2, 0) is 85.2 Å². The summed E-state index contributed by atoms with van der Waals surface area (Å²) in [6, 6.07) is 9.34. The first kappa shape index (κ1) is 63.9. The smallest absolute Gasteiger partial charge is 0.303 e. The van der Waals surface area contributed by atoms with Gasteiger partial charge in [-0.2, -0.15) is 38.2 Å². The van der Waals surface area contributed by atoms with E-state index in [9.17, 15) is 74.8 Å². The van der Waals surface area contributed by atoms with Gasteiger partial charge in [0.05, 0.1) is 72.1 Å². The van der Waals surface area contributed by atoms with E-state index in [-0.39, 0.29) is 67.2 Å². The van der Waals surface area contributed by atoms with Crippen molar-refractivity contribution in [2.24, 2.45) is 0 Å². The van der Waals surface area contributed by atoms with Crippen LogP contribution in [0.25, 0.3) is 21.5 Å². The van der Waals surface area contributed by atoms with Crippen molar-refractivity contribution in [2.75, 3.05) is 77.1 Å². The number of fused-ring (bicyclic) bond motifs is 6. The van der Waals surface area contributed by atoms with Gasteiger partial charge < -0.3 is 33.5 Å². The highest BCUT2D eigenvalue weighted by Gasteiger charge is 2.47. The lowest BCUT2D eigenvalue weighted by Gasteiger charge is -2.31. The van der Waals surface area contributed by atoms with Gasteiger partial charge in [0.15, 0.2) is 5.71 Å². The quantitative estimate of drug-likeness (QED) is 0.0164. The molecular formula is C52H64N2O21S5. The van der Waals surface area contributed by atoms with Crippen molar-refractivity contribution in [2.45, 2.75) is 89.7 Å². The van der Waals surface area contributed by atoms with Crippen molar-refractivity contribution in [3.05, 3.63) is 108 Å². The fourth-order valence-electron chi connectivity index (χ4n) is 10.2. The van der Waals surface area contributed by atoms with Gasteiger partial charge in [-0.1, -0.05) is 36.4 Å². The highest BCUT2D eigenvalue weighted by molar-refractivity contribution is 7.87. The maximum absolute atomic E-state index is 12.8. The van der Waals surface area contributed by atoms with E-state index in [1.807, 2.05) is 23.3 Å². The van der Waals surface area contributed by atoms with Crippen LogP contribution in [0.1, 0.15) is 70.4 Å². The number of unbranched alkanes of at least 4 members (excludes halogenated alkanes) is 2. The summed E-state index contributed by atoms with van der Waals surface area (Å²) in [7, 11) is -23.4. The highest BCUT2D eigenvalue weighted by Crippen LogP contribution is 2.54. The summed E-state index contributed by atoms with van der Waals surface area (Å²) in [6.07, 6.45) is 13.0. The molecule has 0 aliphatic carbocycles. The van der Waals surface area contributed by atoms with Crippen molar-refractivity contribution in [3.63, 3.8) is 0 Å². The fraction of sp³-hybridized carbons (Fsp3) is 0.423. The van der Waals surface area contributed by atoms with Gasteiger partial charge in [-0.25, -0.2) is 8.42 Å². The zero-order valence-electron chi connectivity index (χ0n) is 44.2. The molecule has 23 nitrogen and oxygen atoms in total. The second-order valence-corrected chi connectivity index (χ2v) is 26.7. The Labute approximate surface area is 465 Å². The Morgan fingerprint density at radius 1 is 0.637 bits per heavy atom. The summed E-state index contributed by atoms with van der Waals surface area (Å²) in [4.78, 5) is 9.78. The van der Waals surface area contributed by atoms with E-state index in [4.69, 9.17) is 18.9 Å². The normalized spacial score (nSPS) is 17.6. The number of anilines is 1. The van der Waals surface area contributed by atoms with Crippen LogP contribution in [0.4, 0.5) is 11.4 Å². The van der Waals surface area contributed by atoms with E-state index < -0.39 is 92.7 Å². The maximum atomic E-state index is 12.8. The Morgan fingerprint density at radius 3 is 1.76 bits per heavy atom. The molecule has 438 valence electrons. The van der Waals surface area contributed by atoms with Crippen molar-refractivity contribution in [1.82, 2.24) is 0 Å². The topological polar surface area (TPSA) is 355 Å². The molecule has 28 heteroatoms. The third-order valence-corrected chi connectivity index (χ3v) is 18.0. The Kier molecular flexibility index (Phi) is 20.7. The summed E-state index contributed by atoms with van der Waals surface area (Å²) >= 11 is 0. The molecular weight excluding hydrogens is 1150 g/mol. The summed E-state index contributed by atoms with van der Waals surface area (Å²) in [6.45, 7) is 7.73. The van der Waals surface area contributed by atoms with Crippen LogP contribution in [0.15, 0.2) is 116 Å². The van der Waals surface area contributed by atoms with Gasteiger partial charge in [0.25, 0.3) is 40.5 Å². The third-order valence-electron chi connectivity index (χ3n) is 13.7.